The Morgan fingerprint density at radius 1 is 1.15 bits per heavy atom. The molecule has 0 spiro atoms. The molecule has 2 N–H and O–H groups in total. The molecule has 2 aromatic carbocycles. The number of nitrogens with one attached hydrogen (secondary N) is 1. The summed E-state index contributed by atoms with van der Waals surface area (Å²) in [6, 6.07) is 15.3. The van der Waals surface area contributed by atoms with E-state index >= 15 is 0 Å². The van der Waals surface area contributed by atoms with Crippen LogP contribution in [0.1, 0.15) is 29.2 Å². The van der Waals surface area contributed by atoms with Gasteiger partial charge in [-0.1, -0.05) is 34.1 Å². The van der Waals surface area contributed by atoms with E-state index in [0.717, 1.165) is 29.4 Å². The second-order valence-corrected chi connectivity index (χ2v) is 6.16. The Labute approximate surface area is 128 Å². The highest BCUT2D eigenvalue weighted by Crippen LogP contribution is 2.35. The molecular formula is C17H18BrNO. The van der Waals surface area contributed by atoms with Crippen molar-refractivity contribution in [3.05, 3.63) is 63.6 Å². The molecule has 0 bridgehead atoms. The van der Waals surface area contributed by atoms with Gasteiger partial charge in [0.25, 0.3) is 0 Å². The van der Waals surface area contributed by atoms with Gasteiger partial charge in [-0.15, -0.1) is 0 Å². The first-order valence-electron chi connectivity index (χ1n) is 7.01. The molecule has 3 rings (SSSR count). The van der Waals surface area contributed by atoms with Gasteiger partial charge in [0.1, 0.15) is 0 Å². The third-order valence-electron chi connectivity index (χ3n) is 3.88. The topological polar surface area (TPSA) is 32.3 Å². The Bertz CT molecular complexity index is 594. The summed E-state index contributed by atoms with van der Waals surface area (Å²) in [7, 11) is 0. The summed E-state index contributed by atoms with van der Waals surface area (Å²) in [5, 5.41) is 12.5. The van der Waals surface area contributed by atoms with E-state index in [1.54, 1.807) is 0 Å². The molecule has 104 valence electrons. The molecule has 20 heavy (non-hydrogen) atoms. The van der Waals surface area contributed by atoms with Gasteiger partial charge in [0.2, 0.25) is 0 Å². The second-order valence-electron chi connectivity index (χ2n) is 5.25. The van der Waals surface area contributed by atoms with E-state index in [0.29, 0.717) is 6.04 Å². The Balaban J connectivity index is 1.73. The van der Waals surface area contributed by atoms with Crippen molar-refractivity contribution in [1.29, 1.82) is 0 Å². The lowest BCUT2D eigenvalue weighted by Crippen LogP contribution is -2.07. The molecule has 2 aromatic rings. The van der Waals surface area contributed by atoms with Crippen molar-refractivity contribution in [2.24, 2.45) is 0 Å². The molecule has 0 aliphatic heterocycles. The Morgan fingerprint density at radius 3 is 2.70 bits per heavy atom. The van der Waals surface area contributed by atoms with Crippen molar-refractivity contribution in [2.75, 3.05) is 11.9 Å². The lowest BCUT2D eigenvalue weighted by Gasteiger charge is -2.16. The van der Waals surface area contributed by atoms with Crippen LogP contribution in [-0.4, -0.2) is 11.7 Å². The summed E-state index contributed by atoms with van der Waals surface area (Å²) >= 11 is 3.53. The minimum Gasteiger partial charge on any atom is -0.396 e. The van der Waals surface area contributed by atoms with Gasteiger partial charge < -0.3 is 10.4 Å². The maximum absolute atomic E-state index is 8.93. The van der Waals surface area contributed by atoms with Gasteiger partial charge in [-0.25, -0.2) is 0 Å². The van der Waals surface area contributed by atoms with Crippen molar-refractivity contribution in [1.82, 2.24) is 0 Å². The minimum absolute atomic E-state index is 0.206. The van der Waals surface area contributed by atoms with E-state index in [1.807, 2.05) is 0 Å². The molecule has 1 unspecified atom stereocenters. The van der Waals surface area contributed by atoms with Crippen LogP contribution in [0.2, 0.25) is 0 Å². The van der Waals surface area contributed by atoms with Gasteiger partial charge in [-0.05, 0) is 60.2 Å². The van der Waals surface area contributed by atoms with Crippen molar-refractivity contribution < 1.29 is 5.11 Å². The van der Waals surface area contributed by atoms with E-state index < -0.39 is 0 Å². The SMILES string of the molecule is OCCc1ccc(NC2CCc3cc(Br)ccc32)cc1. The molecule has 0 amide bonds. The monoisotopic (exact) mass is 331 g/mol. The third-order valence-corrected chi connectivity index (χ3v) is 4.37. The summed E-state index contributed by atoms with van der Waals surface area (Å²) in [6.07, 6.45) is 3.00. The van der Waals surface area contributed by atoms with Crippen LogP contribution >= 0.6 is 15.9 Å². The fourth-order valence-corrected chi connectivity index (χ4v) is 3.24. The van der Waals surface area contributed by atoms with E-state index in [-0.39, 0.29) is 6.61 Å². The van der Waals surface area contributed by atoms with Gasteiger partial charge in [0.15, 0.2) is 0 Å². The highest BCUT2D eigenvalue weighted by molar-refractivity contribution is 9.10. The highest BCUT2D eigenvalue weighted by Gasteiger charge is 2.22. The number of rotatable bonds is 4. The number of hydrogen-bond donors (Lipinski definition) is 2. The van der Waals surface area contributed by atoms with Crippen LogP contribution in [0.25, 0.3) is 0 Å². The molecule has 1 aliphatic rings. The summed E-state index contributed by atoms with van der Waals surface area (Å²) in [4.78, 5) is 0. The predicted octanol–water partition coefficient (Wildman–Crippen LogP) is 4.08. The molecule has 1 aliphatic carbocycles. The van der Waals surface area contributed by atoms with Crippen molar-refractivity contribution in [3.8, 4) is 0 Å². The largest absolute Gasteiger partial charge is 0.396 e. The Morgan fingerprint density at radius 2 is 1.95 bits per heavy atom. The zero-order chi connectivity index (χ0) is 13.9. The number of hydrogen-bond acceptors (Lipinski definition) is 2. The van der Waals surface area contributed by atoms with Crippen LogP contribution in [0.4, 0.5) is 5.69 Å². The number of fused-ring (bicyclic) bond motifs is 1. The molecule has 0 fully saturated rings. The van der Waals surface area contributed by atoms with E-state index in [2.05, 4.69) is 63.7 Å². The molecule has 0 radical (unpaired) electrons. The number of anilines is 1. The van der Waals surface area contributed by atoms with Crippen LogP contribution in [0.3, 0.4) is 0 Å². The summed E-state index contributed by atoms with van der Waals surface area (Å²) in [5.41, 5.74) is 5.17. The van der Waals surface area contributed by atoms with Crippen LogP contribution in [0.5, 0.6) is 0 Å². The number of aliphatic hydroxyl groups is 1. The molecule has 0 heterocycles. The molecule has 1 atom stereocenters. The van der Waals surface area contributed by atoms with Crippen LogP contribution in [0.15, 0.2) is 46.9 Å². The first kappa shape index (κ1) is 13.7. The zero-order valence-corrected chi connectivity index (χ0v) is 12.9. The standard InChI is InChI=1S/C17H18BrNO/c18-14-4-7-16-13(11-14)3-8-17(16)19-15-5-1-12(2-6-15)9-10-20/h1-2,4-7,11,17,19-20H,3,8-10H2. The van der Waals surface area contributed by atoms with Crippen molar-refractivity contribution in [3.63, 3.8) is 0 Å². The zero-order valence-electron chi connectivity index (χ0n) is 11.3. The molecular weight excluding hydrogens is 314 g/mol. The van der Waals surface area contributed by atoms with Gasteiger partial charge in [-0.2, -0.15) is 0 Å². The maximum atomic E-state index is 8.93. The number of aliphatic hydroxyl groups excluding tert-OH is 1. The molecule has 3 heteroatoms. The first-order valence-corrected chi connectivity index (χ1v) is 7.80. The van der Waals surface area contributed by atoms with Crippen LogP contribution in [0, 0.1) is 0 Å². The molecule has 0 saturated carbocycles. The van der Waals surface area contributed by atoms with Gasteiger partial charge in [-0.3, -0.25) is 0 Å². The number of halogens is 1. The van der Waals surface area contributed by atoms with Gasteiger partial charge in [0, 0.05) is 16.8 Å². The second kappa shape index (κ2) is 5.98. The maximum Gasteiger partial charge on any atom is 0.0519 e. The third kappa shape index (κ3) is 2.89. The average Bonchev–Trinajstić information content (AvgIpc) is 2.83. The van der Waals surface area contributed by atoms with E-state index in [1.165, 1.54) is 16.7 Å². The quantitative estimate of drug-likeness (QED) is 0.884. The fourth-order valence-electron chi connectivity index (χ4n) is 2.83. The summed E-state index contributed by atoms with van der Waals surface area (Å²) < 4.78 is 1.16. The molecule has 0 saturated heterocycles. The van der Waals surface area contributed by atoms with Crippen LogP contribution in [-0.2, 0) is 12.8 Å². The van der Waals surface area contributed by atoms with E-state index in [4.69, 9.17) is 5.11 Å². The predicted molar refractivity (Wildman–Crippen MR) is 86.1 cm³/mol. The lowest BCUT2D eigenvalue weighted by molar-refractivity contribution is 0.299. The first-order chi connectivity index (χ1) is 9.76. The van der Waals surface area contributed by atoms with Crippen LogP contribution < -0.4 is 5.32 Å². The van der Waals surface area contributed by atoms with Crippen molar-refractivity contribution >= 4 is 21.6 Å². The lowest BCUT2D eigenvalue weighted by atomic mass is 10.1. The van der Waals surface area contributed by atoms with Crippen molar-refractivity contribution in [2.45, 2.75) is 25.3 Å². The number of benzene rings is 2. The average molecular weight is 332 g/mol. The smallest absolute Gasteiger partial charge is 0.0519 e. The van der Waals surface area contributed by atoms with Gasteiger partial charge in [0.05, 0.1) is 6.04 Å². The summed E-state index contributed by atoms with van der Waals surface area (Å²) in [6.45, 7) is 0.206. The normalized spacial score (nSPS) is 17.0. The van der Waals surface area contributed by atoms with E-state index in [9.17, 15) is 0 Å². The molecule has 2 nitrogen and oxygen atoms in total. The van der Waals surface area contributed by atoms with Gasteiger partial charge >= 0.3 is 0 Å². The Hall–Kier alpha value is -1.32. The minimum atomic E-state index is 0.206. The number of aryl methyl sites for hydroxylation is 1. The fraction of sp³-hybridized carbons (Fsp3) is 0.294. The molecule has 0 aromatic heterocycles. The Kier molecular flexibility index (Phi) is 4.08. The summed E-state index contributed by atoms with van der Waals surface area (Å²) in [5.74, 6) is 0. The highest BCUT2D eigenvalue weighted by atomic mass is 79.9.